The minimum absolute atomic E-state index is 0.200. The molecule has 162 valence electrons. The van der Waals surface area contributed by atoms with E-state index in [1.165, 1.54) is 6.21 Å². The van der Waals surface area contributed by atoms with Crippen molar-refractivity contribution >= 4 is 69.2 Å². The van der Waals surface area contributed by atoms with E-state index in [-0.39, 0.29) is 12.5 Å². The lowest BCUT2D eigenvalue weighted by atomic mass is 10.2. The van der Waals surface area contributed by atoms with Crippen molar-refractivity contribution in [2.24, 2.45) is 5.10 Å². The molecule has 0 unspecified atom stereocenters. The lowest BCUT2D eigenvalue weighted by molar-refractivity contribution is -0.120. The van der Waals surface area contributed by atoms with Crippen LogP contribution < -0.4 is 15.5 Å². The topological polar surface area (TPSA) is 96.9 Å². The van der Waals surface area contributed by atoms with Crippen LogP contribution in [0.25, 0.3) is 0 Å². The molecule has 0 saturated heterocycles. The molecule has 0 aliphatic heterocycles. The lowest BCUT2D eigenvalue weighted by Gasteiger charge is -2.06. The summed E-state index contributed by atoms with van der Waals surface area (Å²) < 4.78 is 6.99. The lowest BCUT2D eigenvalue weighted by Crippen LogP contribution is -2.35. The second-order valence-electron chi connectivity index (χ2n) is 6.39. The van der Waals surface area contributed by atoms with E-state index in [0.29, 0.717) is 22.4 Å². The van der Waals surface area contributed by atoms with Gasteiger partial charge in [0, 0.05) is 7.14 Å². The molecule has 2 N–H and O–H groups in total. The number of hydrazone groups is 1. The Morgan fingerprint density at radius 2 is 1.44 bits per heavy atom. The number of hydrogen-bond donors (Lipinski definition) is 2. The van der Waals surface area contributed by atoms with E-state index in [0.717, 1.165) is 7.14 Å². The molecule has 9 heteroatoms. The standard InChI is InChI=1S/C23H17I2N3O4/c24-19-7-3-1-5-17(19)22(30)26-14-21(29)28-27-13-15-9-11-16(12-10-15)32-23(31)18-6-2-4-8-20(18)25/h1-13H,14H2,(H,26,30)(H,28,29)/b27-13-. The normalized spacial score (nSPS) is 10.6. The number of ether oxygens (including phenoxy) is 1. The number of amides is 2. The molecular formula is C23H17I2N3O4. The maximum Gasteiger partial charge on any atom is 0.344 e. The summed E-state index contributed by atoms with van der Waals surface area (Å²) in [6.45, 7) is -0.200. The summed E-state index contributed by atoms with van der Waals surface area (Å²) in [6, 6.07) is 20.9. The number of nitrogens with one attached hydrogen (secondary N) is 2. The van der Waals surface area contributed by atoms with Gasteiger partial charge in [0.05, 0.1) is 23.9 Å². The Balaban J connectivity index is 1.47. The number of benzene rings is 3. The Labute approximate surface area is 211 Å². The zero-order valence-electron chi connectivity index (χ0n) is 16.5. The zero-order valence-corrected chi connectivity index (χ0v) is 20.9. The number of carbonyl (C=O) groups excluding carboxylic acids is 3. The van der Waals surface area contributed by atoms with E-state index < -0.39 is 11.9 Å². The quantitative estimate of drug-likeness (QED) is 0.133. The molecule has 7 nitrogen and oxygen atoms in total. The summed E-state index contributed by atoms with van der Waals surface area (Å²) in [6.07, 6.45) is 1.45. The third kappa shape index (κ3) is 6.85. The van der Waals surface area contributed by atoms with Gasteiger partial charge in [0.25, 0.3) is 11.8 Å². The summed E-state index contributed by atoms with van der Waals surface area (Å²) in [5, 5.41) is 6.43. The molecule has 3 aromatic carbocycles. The first-order valence-electron chi connectivity index (χ1n) is 9.35. The first kappa shape index (κ1) is 23.9. The Kier molecular flexibility index (Phi) is 8.73. The molecular weight excluding hydrogens is 636 g/mol. The second-order valence-corrected chi connectivity index (χ2v) is 8.72. The van der Waals surface area contributed by atoms with Gasteiger partial charge in [0.1, 0.15) is 5.75 Å². The van der Waals surface area contributed by atoms with Crippen molar-refractivity contribution in [2.45, 2.75) is 0 Å². The van der Waals surface area contributed by atoms with Crippen LogP contribution in [0.5, 0.6) is 5.75 Å². The van der Waals surface area contributed by atoms with Crippen LogP contribution in [0.1, 0.15) is 26.3 Å². The molecule has 0 saturated carbocycles. The molecule has 0 aliphatic carbocycles. The van der Waals surface area contributed by atoms with Gasteiger partial charge in [0.2, 0.25) is 0 Å². The predicted molar refractivity (Wildman–Crippen MR) is 138 cm³/mol. The number of nitrogens with zero attached hydrogens (tertiary/aromatic N) is 1. The SMILES string of the molecule is O=C(CNC(=O)c1ccccc1I)N/N=C\c1ccc(OC(=O)c2ccccc2I)cc1. The maximum atomic E-state index is 12.3. The Morgan fingerprint density at radius 3 is 2.06 bits per heavy atom. The molecule has 0 heterocycles. The van der Waals surface area contributed by atoms with E-state index in [1.54, 1.807) is 48.5 Å². The highest BCUT2D eigenvalue weighted by Crippen LogP contribution is 2.17. The predicted octanol–water partition coefficient (Wildman–Crippen LogP) is 4.00. The third-order valence-electron chi connectivity index (χ3n) is 4.12. The molecule has 0 aromatic heterocycles. The van der Waals surface area contributed by atoms with Crippen LogP contribution in [0.3, 0.4) is 0 Å². The van der Waals surface area contributed by atoms with Crippen LogP contribution in [-0.4, -0.2) is 30.5 Å². The number of rotatable bonds is 7. The van der Waals surface area contributed by atoms with Crippen LogP contribution >= 0.6 is 45.2 Å². The van der Waals surface area contributed by atoms with Gasteiger partial charge in [-0.05, 0) is 99.3 Å². The van der Waals surface area contributed by atoms with Crippen molar-refractivity contribution in [2.75, 3.05) is 6.54 Å². The molecule has 0 atom stereocenters. The van der Waals surface area contributed by atoms with Gasteiger partial charge in [-0.3, -0.25) is 9.59 Å². The van der Waals surface area contributed by atoms with Crippen molar-refractivity contribution in [1.29, 1.82) is 0 Å². The Morgan fingerprint density at radius 1 is 0.844 bits per heavy atom. The molecule has 0 radical (unpaired) electrons. The van der Waals surface area contributed by atoms with E-state index in [9.17, 15) is 14.4 Å². The van der Waals surface area contributed by atoms with Crippen molar-refractivity contribution in [1.82, 2.24) is 10.7 Å². The van der Waals surface area contributed by atoms with E-state index >= 15 is 0 Å². The number of esters is 1. The van der Waals surface area contributed by atoms with Gasteiger partial charge in [-0.15, -0.1) is 0 Å². The van der Waals surface area contributed by atoms with Gasteiger partial charge >= 0.3 is 5.97 Å². The summed E-state index contributed by atoms with van der Waals surface area (Å²) in [7, 11) is 0. The summed E-state index contributed by atoms with van der Waals surface area (Å²) in [5.41, 5.74) is 4.05. The molecule has 0 spiro atoms. The average Bonchev–Trinajstić information content (AvgIpc) is 2.79. The third-order valence-corrected chi connectivity index (χ3v) is 6.00. The molecule has 3 rings (SSSR count). The van der Waals surface area contributed by atoms with Crippen LogP contribution in [0.15, 0.2) is 77.9 Å². The largest absolute Gasteiger partial charge is 0.423 e. The van der Waals surface area contributed by atoms with Crippen LogP contribution in [0.4, 0.5) is 0 Å². The van der Waals surface area contributed by atoms with Crippen LogP contribution in [0, 0.1) is 7.14 Å². The summed E-state index contributed by atoms with van der Waals surface area (Å²) >= 11 is 4.14. The number of halogens is 2. The van der Waals surface area contributed by atoms with E-state index in [1.807, 2.05) is 24.3 Å². The van der Waals surface area contributed by atoms with E-state index in [4.69, 9.17) is 4.74 Å². The molecule has 0 aliphatic rings. The Hall–Kier alpha value is -2.80. The minimum Gasteiger partial charge on any atom is -0.423 e. The van der Waals surface area contributed by atoms with E-state index in [2.05, 4.69) is 61.0 Å². The Bertz CT molecular complexity index is 1160. The summed E-state index contributed by atoms with van der Waals surface area (Å²) in [4.78, 5) is 36.3. The first-order chi connectivity index (χ1) is 15.4. The molecule has 3 aromatic rings. The van der Waals surface area contributed by atoms with Gasteiger partial charge < -0.3 is 10.1 Å². The molecule has 0 fully saturated rings. The zero-order chi connectivity index (χ0) is 22.9. The van der Waals surface area contributed by atoms with Gasteiger partial charge in [-0.25, -0.2) is 10.2 Å². The van der Waals surface area contributed by atoms with Crippen LogP contribution in [-0.2, 0) is 4.79 Å². The smallest absolute Gasteiger partial charge is 0.344 e. The fraction of sp³-hybridized carbons (Fsp3) is 0.0435. The highest BCUT2D eigenvalue weighted by Gasteiger charge is 2.12. The molecule has 2 amide bonds. The van der Waals surface area contributed by atoms with Crippen molar-refractivity contribution in [3.8, 4) is 5.75 Å². The fourth-order valence-corrected chi connectivity index (χ4v) is 3.77. The highest BCUT2D eigenvalue weighted by atomic mass is 127. The van der Waals surface area contributed by atoms with Gasteiger partial charge in [0.15, 0.2) is 0 Å². The van der Waals surface area contributed by atoms with Gasteiger partial charge in [-0.1, -0.05) is 24.3 Å². The van der Waals surface area contributed by atoms with Crippen molar-refractivity contribution in [3.63, 3.8) is 0 Å². The number of carbonyl (C=O) groups is 3. The second kappa shape index (κ2) is 11.7. The first-order valence-corrected chi connectivity index (χ1v) is 11.5. The number of hydrogen-bond acceptors (Lipinski definition) is 5. The minimum atomic E-state index is -0.455. The van der Waals surface area contributed by atoms with Crippen molar-refractivity contribution < 1.29 is 19.1 Å². The fourth-order valence-electron chi connectivity index (χ4n) is 2.53. The maximum absolute atomic E-state index is 12.3. The van der Waals surface area contributed by atoms with Gasteiger partial charge in [-0.2, -0.15) is 5.10 Å². The highest BCUT2D eigenvalue weighted by molar-refractivity contribution is 14.1. The van der Waals surface area contributed by atoms with Crippen LogP contribution in [0.2, 0.25) is 0 Å². The molecule has 0 bridgehead atoms. The van der Waals surface area contributed by atoms with Crippen molar-refractivity contribution in [3.05, 3.63) is 96.6 Å². The monoisotopic (exact) mass is 653 g/mol. The molecule has 32 heavy (non-hydrogen) atoms. The average molecular weight is 653 g/mol. The summed E-state index contributed by atoms with van der Waals surface area (Å²) in [5.74, 6) is -0.821.